The number of carboxylic acids is 1. The molecular formula is C15H18N2O3. The lowest BCUT2D eigenvalue weighted by Gasteiger charge is -2.10. The van der Waals surface area contributed by atoms with Crippen molar-refractivity contribution in [3.8, 4) is 0 Å². The number of carbonyl (C=O) groups is 2. The molecule has 0 spiro atoms. The number of hydrogen-bond donors (Lipinski definition) is 3. The number of amides is 1. The van der Waals surface area contributed by atoms with Crippen molar-refractivity contribution in [3.05, 3.63) is 35.9 Å². The second-order valence-corrected chi connectivity index (χ2v) is 5.05. The van der Waals surface area contributed by atoms with E-state index in [2.05, 4.69) is 5.32 Å². The molecule has 2 unspecified atom stereocenters. The fourth-order valence-corrected chi connectivity index (χ4v) is 2.37. The summed E-state index contributed by atoms with van der Waals surface area (Å²) in [5.74, 6) is -1.31. The van der Waals surface area contributed by atoms with E-state index in [-0.39, 0.29) is 17.9 Å². The zero-order chi connectivity index (χ0) is 14.5. The Morgan fingerprint density at radius 2 is 1.95 bits per heavy atom. The van der Waals surface area contributed by atoms with Gasteiger partial charge in [-0.15, -0.1) is 0 Å². The standard InChI is InChI=1S/C15H18N2O3/c16-12-5-1-10(2-6-12)3-8-14(18)17-13-7-4-11(9-13)15(19)20/h1-3,5-6,8,11,13H,4,7,9,16H2,(H,17,18)(H,19,20)/b8-3+. The Morgan fingerprint density at radius 3 is 2.55 bits per heavy atom. The van der Waals surface area contributed by atoms with Gasteiger partial charge in [-0.05, 0) is 43.0 Å². The van der Waals surface area contributed by atoms with E-state index in [4.69, 9.17) is 10.8 Å². The second-order valence-electron chi connectivity index (χ2n) is 5.05. The number of anilines is 1. The summed E-state index contributed by atoms with van der Waals surface area (Å²) in [6.07, 6.45) is 5.02. The summed E-state index contributed by atoms with van der Waals surface area (Å²) in [6, 6.07) is 7.15. The number of hydrogen-bond acceptors (Lipinski definition) is 3. The third-order valence-corrected chi connectivity index (χ3v) is 3.49. The summed E-state index contributed by atoms with van der Waals surface area (Å²) >= 11 is 0. The molecule has 1 saturated carbocycles. The van der Waals surface area contributed by atoms with E-state index in [9.17, 15) is 9.59 Å². The van der Waals surface area contributed by atoms with Crippen LogP contribution < -0.4 is 11.1 Å². The van der Waals surface area contributed by atoms with Gasteiger partial charge in [-0.3, -0.25) is 9.59 Å². The van der Waals surface area contributed by atoms with Gasteiger partial charge in [-0.25, -0.2) is 0 Å². The highest BCUT2D eigenvalue weighted by Crippen LogP contribution is 2.25. The van der Waals surface area contributed by atoms with E-state index in [1.54, 1.807) is 18.2 Å². The van der Waals surface area contributed by atoms with Crippen LogP contribution in [0.1, 0.15) is 24.8 Å². The molecule has 1 aromatic rings. The highest BCUT2D eigenvalue weighted by Gasteiger charge is 2.30. The van der Waals surface area contributed by atoms with Gasteiger partial charge in [0, 0.05) is 17.8 Å². The number of benzene rings is 1. The number of nitrogen functional groups attached to an aromatic ring is 1. The first-order chi connectivity index (χ1) is 9.54. The third-order valence-electron chi connectivity index (χ3n) is 3.49. The molecule has 1 amide bonds. The predicted molar refractivity (Wildman–Crippen MR) is 76.8 cm³/mol. The molecule has 4 N–H and O–H groups in total. The third kappa shape index (κ3) is 3.85. The minimum Gasteiger partial charge on any atom is -0.481 e. The molecule has 1 fully saturated rings. The second kappa shape index (κ2) is 6.23. The smallest absolute Gasteiger partial charge is 0.306 e. The number of rotatable bonds is 4. The van der Waals surface area contributed by atoms with Gasteiger partial charge in [0.25, 0.3) is 0 Å². The highest BCUT2D eigenvalue weighted by molar-refractivity contribution is 5.92. The van der Waals surface area contributed by atoms with Crippen molar-refractivity contribution < 1.29 is 14.7 Å². The summed E-state index contributed by atoms with van der Waals surface area (Å²) in [6.45, 7) is 0. The molecule has 1 aliphatic rings. The maximum Gasteiger partial charge on any atom is 0.306 e. The van der Waals surface area contributed by atoms with Gasteiger partial charge in [0.1, 0.15) is 0 Å². The summed E-state index contributed by atoms with van der Waals surface area (Å²) in [4.78, 5) is 22.6. The maximum absolute atomic E-state index is 11.7. The maximum atomic E-state index is 11.7. The average molecular weight is 274 g/mol. The molecule has 2 atom stereocenters. The molecule has 20 heavy (non-hydrogen) atoms. The quantitative estimate of drug-likeness (QED) is 0.575. The summed E-state index contributed by atoms with van der Waals surface area (Å²) in [5.41, 5.74) is 7.15. The number of aliphatic carboxylic acids is 1. The Kier molecular flexibility index (Phi) is 4.40. The molecule has 1 aromatic carbocycles. The SMILES string of the molecule is Nc1ccc(/C=C/C(=O)NC2CCC(C(=O)O)C2)cc1. The van der Waals surface area contributed by atoms with Gasteiger partial charge in [0.2, 0.25) is 5.91 Å². The largest absolute Gasteiger partial charge is 0.481 e. The van der Waals surface area contributed by atoms with Crippen LogP contribution in [0.4, 0.5) is 5.69 Å². The first-order valence-electron chi connectivity index (χ1n) is 6.61. The molecule has 106 valence electrons. The fraction of sp³-hybridized carbons (Fsp3) is 0.333. The summed E-state index contributed by atoms with van der Waals surface area (Å²) in [7, 11) is 0. The van der Waals surface area contributed by atoms with Crippen LogP contribution in [0, 0.1) is 5.92 Å². The minimum absolute atomic E-state index is 0.0420. The van der Waals surface area contributed by atoms with E-state index in [1.807, 2.05) is 12.1 Å². The van der Waals surface area contributed by atoms with Crippen molar-refractivity contribution in [3.63, 3.8) is 0 Å². The van der Waals surface area contributed by atoms with Gasteiger partial charge in [-0.2, -0.15) is 0 Å². The molecule has 5 heteroatoms. The van der Waals surface area contributed by atoms with Crippen molar-refractivity contribution >= 4 is 23.6 Å². The molecule has 0 saturated heterocycles. The van der Waals surface area contributed by atoms with Crippen LogP contribution in [0.2, 0.25) is 0 Å². The molecule has 0 bridgehead atoms. The van der Waals surface area contributed by atoms with Crippen LogP contribution in [-0.4, -0.2) is 23.0 Å². The number of carbonyl (C=O) groups excluding carboxylic acids is 1. The van der Waals surface area contributed by atoms with Crippen LogP contribution >= 0.6 is 0 Å². The van der Waals surface area contributed by atoms with Crippen molar-refractivity contribution in [2.45, 2.75) is 25.3 Å². The average Bonchev–Trinajstić information content (AvgIpc) is 2.87. The zero-order valence-electron chi connectivity index (χ0n) is 11.1. The Balaban J connectivity index is 1.84. The zero-order valence-corrected chi connectivity index (χ0v) is 11.1. The number of nitrogens with two attached hydrogens (primary N) is 1. The number of nitrogens with one attached hydrogen (secondary N) is 1. The topological polar surface area (TPSA) is 92.4 Å². The van der Waals surface area contributed by atoms with Gasteiger partial charge in [0.15, 0.2) is 0 Å². The van der Waals surface area contributed by atoms with E-state index in [1.165, 1.54) is 6.08 Å². The summed E-state index contributed by atoms with van der Waals surface area (Å²) in [5, 5.41) is 11.7. The van der Waals surface area contributed by atoms with E-state index in [0.29, 0.717) is 18.5 Å². The van der Waals surface area contributed by atoms with Crippen molar-refractivity contribution in [2.75, 3.05) is 5.73 Å². The Bertz CT molecular complexity index is 522. The fourth-order valence-electron chi connectivity index (χ4n) is 2.37. The van der Waals surface area contributed by atoms with Crippen LogP contribution in [0.3, 0.4) is 0 Å². The van der Waals surface area contributed by atoms with Gasteiger partial charge < -0.3 is 16.2 Å². The molecule has 1 aliphatic carbocycles. The molecular weight excluding hydrogens is 256 g/mol. The van der Waals surface area contributed by atoms with Crippen LogP contribution in [0.5, 0.6) is 0 Å². The van der Waals surface area contributed by atoms with Gasteiger partial charge in [-0.1, -0.05) is 12.1 Å². The predicted octanol–water partition coefficient (Wildman–Crippen LogP) is 1.65. The molecule has 0 aromatic heterocycles. The molecule has 0 aliphatic heterocycles. The minimum atomic E-state index is -0.779. The van der Waals surface area contributed by atoms with Crippen molar-refractivity contribution in [1.82, 2.24) is 5.32 Å². The lowest BCUT2D eigenvalue weighted by Crippen LogP contribution is -2.31. The Hall–Kier alpha value is -2.30. The van der Waals surface area contributed by atoms with Crippen molar-refractivity contribution in [1.29, 1.82) is 0 Å². The molecule has 2 rings (SSSR count). The van der Waals surface area contributed by atoms with Crippen LogP contribution in [-0.2, 0) is 9.59 Å². The van der Waals surface area contributed by atoms with E-state index >= 15 is 0 Å². The van der Waals surface area contributed by atoms with Crippen LogP contribution in [0.25, 0.3) is 6.08 Å². The van der Waals surface area contributed by atoms with E-state index < -0.39 is 5.97 Å². The van der Waals surface area contributed by atoms with Gasteiger partial charge >= 0.3 is 5.97 Å². The molecule has 0 radical (unpaired) electrons. The van der Waals surface area contributed by atoms with E-state index in [0.717, 1.165) is 12.0 Å². The monoisotopic (exact) mass is 274 g/mol. The highest BCUT2D eigenvalue weighted by atomic mass is 16.4. The normalized spacial score (nSPS) is 22.0. The molecule has 0 heterocycles. The van der Waals surface area contributed by atoms with Crippen molar-refractivity contribution in [2.24, 2.45) is 5.92 Å². The van der Waals surface area contributed by atoms with Gasteiger partial charge in [0.05, 0.1) is 5.92 Å². The first-order valence-corrected chi connectivity index (χ1v) is 6.61. The first kappa shape index (κ1) is 14.1. The lowest BCUT2D eigenvalue weighted by molar-refractivity contribution is -0.141. The Labute approximate surface area is 117 Å². The lowest BCUT2D eigenvalue weighted by atomic mass is 10.1. The number of carboxylic acid groups (broad SMARTS) is 1. The summed E-state index contributed by atoms with van der Waals surface area (Å²) < 4.78 is 0. The van der Waals surface area contributed by atoms with Crippen LogP contribution in [0.15, 0.2) is 30.3 Å². The Morgan fingerprint density at radius 1 is 1.25 bits per heavy atom. The molecule has 5 nitrogen and oxygen atoms in total.